The molecule has 0 fully saturated rings. The highest BCUT2D eigenvalue weighted by Gasteiger charge is 2.12. The highest BCUT2D eigenvalue weighted by molar-refractivity contribution is 5.42. The Morgan fingerprint density at radius 2 is 1.41 bits per heavy atom. The van der Waals surface area contributed by atoms with Crippen molar-refractivity contribution in [3.8, 4) is 0 Å². The molecule has 0 aliphatic heterocycles. The minimum Gasteiger partial charge on any atom is -0.320 e. The van der Waals surface area contributed by atoms with Gasteiger partial charge in [0.1, 0.15) is 0 Å². The predicted octanol–water partition coefficient (Wildman–Crippen LogP) is 3.66. The van der Waals surface area contributed by atoms with Gasteiger partial charge in [0.15, 0.2) is 0 Å². The Bertz CT molecular complexity index is 515. The fourth-order valence-corrected chi connectivity index (χ4v) is 2.16. The summed E-state index contributed by atoms with van der Waals surface area (Å²) in [5, 5.41) is 0. The summed E-state index contributed by atoms with van der Waals surface area (Å²) in [5.74, 6) is 0. The lowest BCUT2D eigenvalue weighted by atomic mass is 9.92. The number of aryl methyl sites for hydroxylation is 3. The number of benzene rings is 2. The van der Waals surface area contributed by atoms with Gasteiger partial charge >= 0.3 is 0 Å². The lowest BCUT2D eigenvalue weighted by Gasteiger charge is -2.17. The minimum absolute atomic E-state index is 0.0319. The van der Waals surface area contributed by atoms with Gasteiger partial charge in [-0.1, -0.05) is 42.5 Å². The predicted molar refractivity (Wildman–Crippen MR) is 73.1 cm³/mol. The van der Waals surface area contributed by atoms with Crippen LogP contribution in [0.25, 0.3) is 0 Å². The number of nitrogens with two attached hydrogens (primary N) is 1. The summed E-state index contributed by atoms with van der Waals surface area (Å²) >= 11 is 0. The highest BCUT2D eigenvalue weighted by atomic mass is 14.6. The van der Waals surface area contributed by atoms with E-state index in [4.69, 9.17) is 5.73 Å². The summed E-state index contributed by atoms with van der Waals surface area (Å²) in [6.45, 7) is 6.40. The Hall–Kier alpha value is -1.60. The lowest BCUT2D eigenvalue weighted by molar-refractivity contribution is 0.858. The number of hydrogen-bond acceptors (Lipinski definition) is 1. The van der Waals surface area contributed by atoms with Gasteiger partial charge < -0.3 is 5.73 Å². The van der Waals surface area contributed by atoms with Crippen LogP contribution < -0.4 is 5.73 Å². The first kappa shape index (κ1) is 11.9. The van der Waals surface area contributed by atoms with E-state index in [-0.39, 0.29) is 6.04 Å². The molecule has 1 nitrogen and oxygen atoms in total. The highest BCUT2D eigenvalue weighted by Crippen LogP contribution is 2.25. The maximum atomic E-state index is 6.34. The van der Waals surface area contributed by atoms with Crippen molar-refractivity contribution < 1.29 is 0 Å². The quantitative estimate of drug-likeness (QED) is 0.829. The van der Waals surface area contributed by atoms with Crippen molar-refractivity contribution in [2.45, 2.75) is 26.8 Å². The Morgan fingerprint density at radius 3 is 2.06 bits per heavy atom. The molecule has 88 valence electrons. The van der Waals surface area contributed by atoms with E-state index in [1.807, 2.05) is 18.2 Å². The van der Waals surface area contributed by atoms with E-state index in [0.29, 0.717) is 0 Å². The maximum absolute atomic E-state index is 6.34. The Labute approximate surface area is 103 Å². The molecule has 1 atom stereocenters. The molecular formula is C16H19N. The van der Waals surface area contributed by atoms with Crippen molar-refractivity contribution in [3.05, 3.63) is 70.3 Å². The van der Waals surface area contributed by atoms with Crippen molar-refractivity contribution in [2.75, 3.05) is 0 Å². The van der Waals surface area contributed by atoms with E-state index in [0.717, 1.165) is 0 Å². The van der Waals surface area contributed by atoms with Crippen molar-refractivity contribution >= 4 is 0 Å². The van der Waals surface area contributed by atoms with Gasteiger partial charge in [0, 0.05) is 0 Å². The summed E-state index contributed by atoms with van der Waals surface area (Å²) in [4.78, 5) is 0. The van der Waals surface area contributed by atoms with Crippen molar-refractivity contribution in [3.63, 3.8) is 0 Å². The first-order valence-electron chi connectivity index (χ1n) is 5.98. The molecule has 2 aromatic rings. The molecule has 0 saturated carbocycles. The molecule has 0 heterocycles. The van der Waals surface area contributed by atoms with Gasteiger partial charge in [-0.15, -0.1) is 0 Å². The zero-order valence-corrected chi connectivity index (χ0v) is 10.7. The SMILES string of the molecule is Cc1cc(C)c(C(N)c2ccccc2)cc1C. The zero-order valence-electron chi connectivity index (χ0n) is 10.7. The second-order valence-corrected chi connectivity index (χ2v) is 4.68. The van der Waals surface area contributed by atoms with Crippen LogP contribution in [0, 0.1) is 20.8 Å². The van der Waals surface area contributed by atoms with E-state index >= 15 is 0 Å². The van der Waals surface area contributed by atoms with Gasteiger partial charge in [-0.25, -0.2) is 0 Å². The number of rotatable bonds is 2. The standard InChI is InChI=1S/C16H19N/c1-11-9-13(3)15(10-12(11)2)16(17)14-7-5-4-6-8-14/h4-10,16H,17H2,1-3H3. The molecule has 0 aromatic heterocycles. The van der Waals surface area contributed by atoms with Crippen molar-refractivity contribution in [1.82, 2.24) is 0 Å². The van der Waals surface area contributed by atoms with E-state index in [2.05, 4.69) is 45.0 Å². The Morgan fingerprint density at radius 1 is 0.824 bits per heavy atom. The molecule has 2 N–H and O–H groups in total. The molecule has 1 unspecified atom stereocenters. The Balaban J connectivity index is 2.44. The summed E-state index contributed by atoms with van der Waals surface area (Å²) in [5.41, 5.74) is 12.6. The third-order valence-electron chi connectivity index (χ3n) is 3.38. The van der Waals surface area contributed by atoms with E-state index in [1.165, 1.54) is 27.8 Å². The molecule has 0 aliphatic rings. The Kier molecular flexibility index (Phi) is 3.30. The van der Waals surface area contributed by atoms with Gasteiger partial charge in [0.2, 0.25) is 0 Å². The van der Waals surface area contributed by atoms with Crippen LogP contribution in [0.1, 0.15) is 33.9 Å². The third-order valence-corrected chi connectivity index (χ3v) is 3.38. The van der Waals surface area contributed by atoms with Crippen molar-refractivity contribution in [2.24, 2.45) is 5.73 Å². The average molecular weight is 225 g/mol. The molecule has 0 spiro atoms. The monoisotopic (exact) mass is 225 g/mol. The molecule has 2 aromatic carbocycles. The van der Waals surface area contributed by atoms with Crippen LogP contribution >= 0.6 is 0 Å². The molecule has 2 rings (SSSR count). The summed E-state index contributed by atoms with van der Waals surface area (Å²) in [6.07, 6.45) is 0. The molecule has 0 bridgehead atoms. The molecule has 17 heavy (non-hydrogen) atoms. The van der Waals surface area contributed by atoms with Gasteiger partial charge in [-0.2, -0.15) is 0 Å². The molecule has 0 amide bonds. The van der Waals surface area contributed by atoms with Crippen LogP contribution in [0.4, 0.5) is 0 Å². The molecule has 0 radical (unpaired) electrons. The average Bonchev–Trinajstić information content (AvgIpc) is 2.34. The van der Waals surface area contributed by atoms with Gasteiger partial charge in [0.25, 0.3) is 0 Å². The summed E-state index contributed by atoms with van der Waals surface area (Å²) in [7, 11) is 0. The van der Waals surface area contributed by atoms with E-state index in [9.17, 15) is 0 Å². The first-order valence-corrected chi connectivity index (χ1v) is 5.98. The van der Waals surface area contributed by atoms with Gasteiger partial charge in [-0.3, -0.25) is 0 Å². The molecule has 1 heteroatoms. The summed E-state index contributed by atoms with van der Waals surface area (Å²) in [6, 6.07) is 14.6. The first-order chi connectivity index (χ1) is 8.09. The van der Waals surface area contributed by atoms with E-state index in [1.54, 1.807) is 0 Å². The third kappa shape index (κ3) is 2.40. The smallest absolute Gasteiger partial charge is 0.0554 e. The zero-order chi connectivity index (χ0) is 12.4. The van der Waals surface area contributed by atoms with Crippen LogP contribution in [-0.4, -0.2) is 0 Å². The van der Waals surface area contributed by atoms with Crippen LogP contribution in [0.15, 0.2) is 42.5 Å². The topological polar surface area (TPSA) is 26.0 Å². The number of hydrogen-bond donors (Lipinski definition) is 1. The second kappa shape index (κ2) is 4.72. The molecular weight excluding hydrogens is 206 g/mol. The maximum Gasteiger partial charge on any atom is 0.0554 e. The molecule has 0 saturated heterocycles. The minimum atomic E-state index is -0.0319. The van der Waals surface area contributed by atoms with Crippen LogP contribution in [0.5, 0.6) is 0 Å². The second-order valence-electron chi connectivity index (χ2n) is 4.68. The van der Waals surface area contributed by atoms with Crippen LogP contribution in [0.3, 0.4) is 0 Å². The van der Waals surface area contributed by atoms with E-state index < -0.39 is 0 Å². The normalized spacial score (nSPS) is 12.5. The summed E-state index contributed by atoms with van der Waals surface area (Å²) < 4.78 is 0. The fourth-order valence-electron chi connectivity index (χ4n) is 2.16. The lowest BCUT2D eigenvalue weighted by Crippen LogP contribution is -2.13. The van der Waals surface area contributed by atoms with Crippen LogP contribution in [-0.2, 0) is 0 Å². The van der Waals surface area contributed by atoms with Gasteiger partial charge in [-0.05, 0) is 48.6 Å². The van der Waals surface area contributed by atoms with Crippen LogP contribution in [0.2, 0.25) is 0 Å². The molecule has 0 aliphatic carbocycles. The van der Waals surface area contributed by atoms with Gasteiger partial charge in [0.05, 0.1) is 6.04 Å². The van der Waals surface area contributed by atoms with Crippen molar-refractivity contribution in [1.29, 1.82) is 0 Å². The largest absolute Gasteiger partial charge is 0.320 e. The fraction of sp³-hybridized carbons (Fsp3) is 0.250.